The molecule has 0 saturated heterocycles. The van der Waals surface area contributed by atoms with E-state index < -0.39 is 9.84 Å². The van der Waals surface area contributed by atoms with Gasteiger partial charge in [-0.1, -0.05) is 6.92 Å². The van der Waals surface area contributed by atoms with Gasteiger partial charge in [-0.25, -0.2) is 13.4 Å². The van der Waals surface area contributed by atoms with E-state index in [0.29, 0.717) is 19.7 Å². The molecule has 0 aromatic carbocycles. The summed E-state index contributed by atoms with van der Waals surface area (Å²) < 4.78 is 29.7. The zero-order chi connectivity index (χ0) is 13.4. The number of imidazole rings is 1. The number of aromatic nitrogens is 2. The summed E-state index contributed by atoms with van der Waals surface area (Å²) in [6.07, 6.45) is 3.41. The van der Waals surface area contributed by atoms with E-state index in [9.17, 15) is 8.42 Å². The number of ether oxygens (including phenoxy) is 1. The van der Waals surface area contributed by atoms with Gasteiger partial charge in [-0.05, 0) is 0 Å². The van der Waals surface area contributed by atoms with Crippen LogP contribution in [0.4, 0.5) is 0 Å². The second kappa shape index (κ2) is 7.50. The highest BCUT2D eigenvalue weighted by molar-refractivity contribution is 7.91. The van der Waals surface area contributed by atoms with Gasteiger partial charge in [-0.15, -0.1) is 0 Å². The van der Waals surface area contributed by atoms with E-state index in [2.05, 4.69) is 10.3 Å². The Kier molecular flexibility index (Phi) is 6.31. The van der Waals surface area contributed by atoms with Crippen LogP contribution in [-0.2, 0) is 27.7 Å². The average molecular weight is 275 g/mol. The van der Waals surface area contributed by atoms with Crippen LogP contribution >= 0.6 is 0 Å². The summed E-state index contributed by atoms with van der Waals surface area (Å²) >= 11 is 0. The minimum atomic E-state index is -2.93. The van der Waals surface area contributed by atoms with Crippen LogP contribution in [0, 0.1) is 0 Å². The van der Waals surface area contributed by atoms with Crippen LogP contribution in [0.15, 0.2) is 12.5 Å². The topological polar surface area (TPSA) is 73.2 Å². The Bertz CT molecular complexity index is 442. The average Bonchev–Trinajstić information content (AvgIpc) is 2.80. The molecule has 0 unspecified atom stereocenters. The van der Waals surface area contributed by atoms with Crippen LogP contribution in [0.1, 0.15) is 12.6 Å². The smallest absolute Gasteiger partial charge is 0.151 e. The van der Waals surface area contributed by atoms with Gasteiger partial charge in [0.05, 0.1) is 24.4 Å². The Balaban J connectivity index is 2.45. The molecule has 0 aliphatic carbocycles. The van der Waals surface area contributed by atoms with Crippen molar-refractivity contribution >= 4 is 9.84 Å². The number of sulfone groups is 1. The molecule has 0 radical (unpaired) electrons. The second-order valence-corrected chi connectivity index (χ2v) is 6.46. The Morgan fingerprint density at radius 2 is 2.28 bits per heavy atom. The summed E-state index contributed by atoms with van der Waals surface area (Å²) in [5, 5.41) is 3.20. The van der Waals surface area contributed by atoms with E-state index in [1.165, 1.54) is 0 Å². The fraction of sp³-hybridized carbons (Fsp3) is 0.727. The summed E-state index contributed by atoms with van der Waals surface area (Å²) in [6, 6.07) is 0. The highest BCUT2D eigenvalue weighted by Gasteiger charge is 2.09. The molecule has 6 nitrogen and oxygen atoms in total. The monoisotopic (exact) mass is 275 g/mol. The lowest BCUT2D eigenvalue weighted by Crippen LogP contribution is -2.22. The van der Waals surface area contributed by atoms with Crippen LogP contribution < -0.4 is 5.32 Å². The third kappa shape index (κ3) is 5.16. The molecule has 1 rings (SSSR count). The van der Waals surface area contributed by atoms with Crippen molar-refractivity contribution in [1.29, 1.82) is 0 Å². The van der Waals surface area contributed by atoms with Gasteiger partial charge >= 0.3 is 0 Å². The van der Waals surface area contributed by atoms with Crippen molar-refractivity contribution in [3.8, 4) is 0 Å². The molecular formula is C11H21N3O3S. The van der Waals surface area contributed by atoms with E-state index in [1.54, 1.807) is 26.6 Å². The number of nitrogens with zero attached hydrogens (tertiary/aromatic N) is 2. The Morgan fingerprint density at radius 1 is 1.50 bits per heavy atom. The van der Waals surface area contributed by atoms with Crippen LogP contribution in [0.25, 0.3) is 0 Å². The first-order valence-electron chi connectivity index (χ1n) is 5.98. The molecule has 18 heavy (non-hydrogen) atoms. The quantitative estimate of drug-likeness (QED) is 0.645. The maximum absolute atomic E-state index is 11.4. The lowest BCUT2D eigenvalue weighted by atomic mass is 10.4. The molecule has 0 aliphatic rings. The standard InChI is InChI=1S/C11H21N3O3S/c1-3-18(15,16)7-5-14-10-13-9-11(14)8-12-4-6-17-2/h9-10,12H,3-8H2,1-2H3. The summed E-state index contributed by atoms with van der Waals surface area (Å²) in [5.74, 6) is 0.341. The maximum atomic E-state index is 11.4. The molecule has 1 heterocycles. The van der Waals surface area contributed by atoms with Crippen LogP contribution in [0.2, 0.25) is 0 Å². The van der Waals surface area contributed by atoms with Crippen molar-refractivity contribution in [2.75, 3.05) is 31.8 Å². The largest absolute Gasteiger partial charge is 0.383 e. The molecule has 0 saturated carbocycles. The van der Waals surface area contributed by atoms with Gasteiger partial charge < -0.3 is 14.6 Å². The normalized spacial score (nSPS) is 11.9. The van der Waals surface area contributed by atoms with E-state index in [0.717, 1.165) is 12.2 Å². The number of aryl methyl sites for hydroxylation is 1. The summed E-state index contributed by atoms with van der Waals surface area (Å²) in [4.78, 5) is 4.04. The van der Waals surface area contributed by atoms with E-state index in [1.807, 2.05) is 4.57 Å². The molecule has 104 valence electrons. The number of methoxy groups -OCH3 is 1. The molecule has 1 aromatic rings. The van der Waals surface area contributed by atoms with Crippen molar-refractivity contribution in [2.45, 2.75) is 20.0 Å². The van der Waals surface area contributed by atoms with Gasteiger partial charge in [0.15, 0.2) is 9.84 Å². The van der Waals surface area contributed by atoms with Crippen molar-refractivity contribution < 1.29 is 13.2 Å². The van der Waals surface area contributed by atoms with E-state index in [4.69, 9.17) is 4.74 Å². The third-order valence-corrected chi connectivity index (χ3v) is 4.35. The Labute approximate surface area is 108 Å². The number of nitrogens with one attached hydrogen (secondary N) is 1. The molecule has 0 atom stereocenters. The van der Waals surface area contributed by atoms with Gasteiger partial charge in [-0.3, -0.25) is 0 Å². The van der Waals surface area contributed by atoms with Crippen molar-refractivity contribution in [2.24, 2.45) is 0 Å². The fourth-order valence-electron chi connectivity index (χ4n) is 1.47. The molecule has 1 N–H and O–H groups in total. The van der Waals surface area contributed by atoms with Crippen molar-refractivity contribution in [3.05, 3.63) is 18.2 Å². The Morgan fingerprint density at radius 3 is 2.94 bits per heavy atom. The predicted octanol–water partition coefficient (Wildman–Crippen LogP) is 0.0538. The van der Waals surface area contributed by atoms with Crippen molar-refractivity contribution in [3.63, 3.8) is 0 Å². The lowest BCUT2D eigenvalue weighted by molar-refractivity contribution is 0.199. The molecular weight excluding hydrogens is 254 g/mol. The van der Waals surface area contributed by atoms with Crippen molar-refractivity contribution in [1.82, 2.24) is 14.9 Å². The highest BCUT2D eigenvalue weighted by atomic mass is 32.2. The first-order valence-corrected chi connectivity index (χ1v) is 7.80. The highest BCUT2D eigenvalue weighted by Crippen LogP contribution is 2.01. The molecule has 0 aliphatic heterocycles. The predicted molar refractivity (Wildman–Crippen MR) is 70.1 cm³/mol. The fourth-order valence-corrected chi connectivity index (χ4v) is 2.23. The SMILES string of the molecule is CCS(=O)(=O)CCn1cncc1CNCCOC. The lowest BCUT2D eigenvalue weighted by Gasteiger charge is -2.09. The minimum absolute atomic E-state index is 0.158. The van der Waals surface area contributed by atoms with Crippen LogP contribution in [-0.4, -0.2) is 49.7 Å². The summed E-state index contributed by atoms with van der Waals surface area (Å²) in [5.41, 5.74) is 0.984. The molecule has 7 heteroatoms. The number of hydrogen-bond acceptors (Lipinski definition) is 5. The van der Waals surface area contributed by atoms with Gasteiger partial charge in [0.2, 0.25) is 0 Å². The number of hydrogen-bond donors (Lipinski definition) is 1. The molecule has 0 amide bonds. The van der Waals surface area contributed by atoms with Gasteiger partial charge in [0.25, 0.3) is 0 Å². The summed E-state index contributed by atoms with van der Waals surface area (Å²) in [7, 11) is -1.28. The van der Waals surface area contributed by atoms with E-state index in [-0.39, 0.29) is 11.5 Å². The minimum Gasteiger partial charge on any atom is -0.383 e. The molecule has 1 aromatic heterocycles. The first kappa shape index (κ1) is 15.1. The molecule has 0 bridgehead atoms. The zero-order valence-corrected chi connectivity index (χ0v) is 11.7. The molecule has 0 spiro atoms. The first-order chi connectivity index (χ1) is 8.59. The van der Waals surface area contributed by atoms with Gasteiger partial charge in [0.1, 0.15) is 0 Å². The maximum Gasteiger partial charge on any atom is 0.151 e. The third-order valence-electron chi connectivity index (χ3n) is 2.67. The Hall–Kier alpha value is -0.920. The van der Waals surface area contributed by atoms with Gasteiger partial charge in [0, 0.05) is 38.7 Å². The zero-order valence-electron chi connectivity index (χ0n) is 10.9. The van der Waals surface area contributed by atoms with Crippen LogP contribution in [0.3, 0.4) is 0 Å². The number of rotatable bonds is 9. The van der Waals surface area contributed by atoms with Crippen LogP contribution in [0.5, 0.6) is 0 Å². The van der Waals surface area contributed by atoms with Gasteiger partial charge in [-0.2, -0.15) is 0 Å². The second-order valence-electron chi connectivity index (χ2n) is 3.98. The summed E-state index contributed by atoms with van der Waals surface area (Å²) in [6.45, 7) is 4.19. The molecule has 0 fully saturated rings. The van der Waals surface area contributed by atoms with E-state index >= 15 is 0 Å².